The van der Waals surface area contributed by atoms with E-state index in [0.29, 0.717) is 22.5 Å². The van der Waals surface area contributed by atoms with Gasteiger partial charge in [-0.1, -0.05) is 19.8 Å². The van der Waals surface area contributed by atoms with E-state index in [-0.39, 0.29) is 11.7 Å². The molecule has 0 saturated carbocycles. The lowest BCUT2D eigenvalue weighted by molar-refractivity contribution is 0.0798. The smallest absolute Gasteiger partial charge is 0.265 e. The summed E-state index contributed by atoms with van der Waals surface area (Å²) in [6.45, 7) is 2.84. The summed E-state index contributed by atoms with van der Waals surface area (Å²) >= 11 is 1.33. The zero-order valence-electron chi connectivity index (χ0n) is 11.8. The number of rotatable bonds is 5. The number of hydrogen-bond donors (Lipinski definition) is 1. The fourth-order valence-electron chi connectivity index (χ4n) is 2.12. The summed E-state index contributed by atoms with van der Waals surface area (Å²) < 4.78 is 14.1. The summed E-state index contributed by atoms with van der Waals surface area (Å²) in [6, 6.07) is 4.44. The van der Waals surface area contributed by atoms with Gasteiger partial charge in [-0.05, 0) is 24.6 Å². The quantitative estimate of drug-likeness (QED) is 0.850. The van der Waals surface area contributed by atoms with Gasteiger partial charge in [0.1, 0.15) is 10.7 Å². The van der Waals surface area contributed by atoms with E-state index in [1.807, 2.05) is 0 Å². The first-order valence-corrected chi connectivity index (χ1v) is 7.59. The Labute approximate surface area is 122 Å². The molecule has 0 aliphatic heterocycles. The van der Waals surface area contributed by atoms with E-state index in [4.69, 9.17) is 5.73 Å². The highest BCUT2D eigenvalue weighted by Gasteiger charge is 2.19. The molecule has 2 N–H and O–H groups in total. The molecule has 0 unspecified atom stereocenters. The van der Waals surface area contributed by atoms with Crippen LogP contribution in [0.15, 0.2) is 18.2 Å². The Morgan fingerprint density at radius 2 is 2.15 bits per heavy atom. The molecule has 2 aromatic rings. The number of anilines is 1. The highest BCUT2D eigenvalue weighted by molar-refractivity contribution is 7.21. The van der Waals surface area contributed by atoms with Crippen LogP contribution in [-0.2, 0) is 0 Å². The summed E-state index contributed by atoms with van der Waals surface area (Å²) in [4.78, 5) is 14.6. The number of carbonyl (C=O) groups excluding carboxylic acids is 1. The zero-order chi connectivity index (χ0) is 14.7. The van der Waals surface area contributed by atoms with Gasteiger partial charge in [-0.3, -0.25) is 4.79 Å². The lowest BCUT2D eigenvalue weighted by Gasteiger charge is -2.16. The molecule has 1 heterocycles. The van der Waals surface area contributed by atoms with Gasteiger partial charge in [0, 0.05) is 23.7 Å². The monoisotopic (exact) mass is 294 g/mol. The van der Waals surface area contributed by atoms with E-state index >= 15 is 0 Å². The Morgan fingerprint density at radius 3 is 2.85 bits per heavy atom. The second-order valence-corrected chi connectivity index (χ2v) is 5.97. The third-order valence-corrected chi connectivity index (χ3v) is 4.50. The largest absolute Gasteiger partial charge is 0.397 e. The normalized spacial score (nSPS) is 10.9. The van der Waals surface area contributed by atoms with Gasteiger partial charge in [-0.15, -0.1) is 11.3 Å². The number of nitrogens with zero attached hydrogens (tertiary/aromatic N) is 1. The van der Waals surface area contributed by atoms with E-state index in [1.165, 1.54) is 23.5 Å². The summed E-state index contributed by atoms with van der Waals surface area (Å²) in [5.74, 6) is -0.419. The molecule has 20 heavy (non-hydrogen) atoms. The Morgan fingerprint density at radius 1 is 1.40 bits per heavy atom. The number of fused-ring (bicyclic) bond motifs is 1. The van der Waals surface area contributed by atoms with Crippen LogP contribution in [0.4, 0.5) is 10.1 Å². The number of amides is 1. The molecule has 0 aliphatic rings. The van der Waals surface area contributed by atoms with Gasteiger partial charge in [0.05, 0.1) is 5.69 Å². The predicted octanol–water partition coefficient (Wildman–Crippen LogP) is 3.88. The van der Waals surface area contributed by atoms with Crippen molar-refractivity contribution in [3.63, 3.8) is 0 Å². The lowest BCUT2D eigenvalue weighted by Crippen LogP contribution is -2.27. The van der Waals surface area contributed by atoms with Crippen molar-refractivity contribution in [2.75, 3.05) is 19.3 Å². The van der Waals surface area contributed by atoms with Crippen LogP contribution >= 0.6 is 11.3 Å². The maximum atomic E-state index is 13.2. The SMILES string of the molecule is CCCCCN(C)C(=O)c1sc2ccc(F)cc2c1N. The predicted molar refractivity (Wildman–Crippen MR) is 82.7 cm³/mol. The lowest BCUT2D eigenvalue weighted by atomic mass is 10.2. The number of halogens is 1. The number of hydrogen-bond acceptors (Lipinski definition) is 3. The van der Waals surface area contributed by atoms with Crippen LogP contribution in [0.2, 0.25) is 0 Å². The molecule has 5 heteroatoms. The third kappa shape index (κ3) is 2.93. The van der Waals surface area contributed by atoms with Crippen LogP contribution in [0.5, 0.6) is 0 Å². The molecule has 3 nitrogen and oxygen atoms in total. The van der Waals surface area contributed by atoms with Crippen molar-refractivity contribution in [1.82, 2.24) is 4.90 Å². The third-order valence-electron chi connectivity index (χ3n) is 3.33. The summed E-state index contributed by atoms with van der Waals surface area (Å²) in [6.07, 6.45) is 3.20. The van der Waals surface area contributed by atoms with Crippen molar-refractivity contribution < 1.29 is 9.18 Å². The van der Waals surface area contributed by atoms with Crippen LogP contribution < -0.4 is 5.73 Å². The van der Waals surface area contributed by atoms with Gasteiger partial charge in [0.2, 0.25) is 0 Å². The van der Waals surface area contributed by atoms with Crippen LogP contribution in [0.3, 0.4) is 0 Å². The average molecular weight is 294 g/mol. The van der Waals surface area contributed by atoms with E-state index < -0.39 is 0 Å². The fraction of sp³-hybridized carbons (Fsp3) is 0.400. The molecule has 0 bridgehead atoms. The number of nitrogen functional groups attached to an aromatic ring is 1. The van der Waals surface area contributed by atoms with Crippen molar-refractivity contribution in [3.05, 3.63) is 28.9 Å². The molecule has 1 aromatic carbocycles. The molecule has 0 saturated heterocycles. The van der Waals surface area contributed by atoms with E-state index in [1.54, 1.807) is 18.0 Å². The van der Waals surface area contributed by atoms with Gasteiger partial charge in [-0.25, -0.2) is 4.39 Å². The fourth-order valence-corrected chi connectivity index (χ4v) is 3.22. The number of nitrogens with two attached hydrogens (primary N) is 1. The highest BCUT2D eigenvalue weighted by Crippen LogP contribution is 2.34. The molecule has 0 atom stereocenters. The molecule has 1 aromatic heterocycles. The van der Waals surface area contributed by atoms with E-state index in [9.17, 15) is 9.18 Å². The van der Waals surface area contributed by atoms with E-state index in [0.717, 1.165) is 24.0 Å². The molecule has 0 fully saturated rings. The number of thiophene rings is 1. The number of benzene rings is 1. The van der Waals surface area contributed by atoms with Gasteiger partial charge < -0.3 is 10.6 Å². The Hall–Kier alpha value is -1.62. The minimum Gasteiger partial charge on any atom is -0.397 e. The first kappa shape index (κ1) is 14.8. The molecule has 0 radical (unpaired) electrons. The molecule has 2 rings (SSSR count). The van der Waals surface area contributed by atoms with Gasteiger partial charge in [-0.2, -0.15) is 0 Å². The molecular formula is C15H19FN2OS. The van der Waals surface area contributed by atoms with Crippen molar-refractivity contribution in [1.29, 1.82) is 0 Å². The van der Waals surface area contributed by atoms with Crippen LogP contribution in [0.1, 0.15) is 35.9 Å². The van der Waals surface area contributed by atoms with Gasteiger partial charge in [0.25, 0.3) is 5.91 Å². The summed E-state index contributed by atoms with van der Waals surface area (Å²) in [5.41, 5.74) is 6.38. The number of carbonyl (C=O) groups is 1. The number of unbranched alkanes of at least 4 members (excludes halogenated alkanes) is 2. The van der Waals surface area contributed by atoms with Crippen molar-refractivity contribution >= 4 is 33.0 Å². The second-order valence-electron chi connectivity index (χ2n) is 4.92. The van der Waals surface area contributed by atoms with Crippen LogP contribution in [0.25, 0.3) is 10.1 Å². The topological polar surface area (TPSA) is 46.3 Å². The maximum Gasteiger partial charge on any atom is 0.265 e. The zero-order valence-corrected chi connectivity index (χ0v) is 12.6. The second kappa shape index (κ2) is 6.22. The molecule has 0 aliphatic carbocycles. The molecule has 0 spiro atoms. The highest BCUT2D eigenvalue weighted by atomic mass is 32.1. The Balaban J connectivity index is 2.24. The van der Waals surface area contributed by atoms with Crippen molar-refractivity contribution in [3.8, 4) is 0 Å². The first-order valence-electron chi connectivity index (χ1n) is 6.77. The van der Waals surface area contributed by atoms with Crippen molar-refractivity contribution in [2.24, 2.45) is 0 Å². The van der Waals surface area contributed by atoms with Gasteiger partial charge >= 0.3 is 0 Å². The van der Waals surface area contributed by atoms with Gasteiger partial charge in [0.15, 0.2) is 0 Å². The molecule has 1 amide bonds. The maximum absolute atomic E-state index is 13.2. The minimum absolute atomic E-state index is 0.0831. The van der Waals surface area contributed by atoms with Crippen molar-refractivity contribution in [2.45, 2.75) is 26.2 Å². The molecule has 108 valence electrons. The standard InChI is InChI=1S/C15H19FN2OS/c1-3-4-5-8-18(2)15(19)14-13(17)11-9-10(16)6-7-12(11)20-14/h6-7,9H,3-5,8,17H2,1-2H3. The first-order chi connectivity index (χ1) is 9.54. The average Bonchev–Trinajstić information content (AvgIpc) is 2.75. The van der Waals surface area contributed by atoms with E-state index in [2.05, 4.69) is 6.92 Å². The Bertz CT molecular complexity index is 624. The minimum atomic E-state index is -0.336. The molecular weight excluding hydrogens is 275 g/mol. The summed E-state index contributed by atoms with van der Waals surface area (Å²) in [5, 5.41) is 0.625. The van der Waals surface area contributed by atoms with Crippen LogP contribution in [0, 0.1) is 5.82 Å². The summed E-state index contributed by atoms with van der Waals surface area (Å²) in [7, 11) is 1.78. The Kier molecular flexibility index (Phi) is 4.60. The van der Waals surface area contributed by atoms with Crippen LogP contribution in [-0.4, -0.2) is 24.4 Å².